The van der Waals surface area contributed by atoms with Crippen LogP contribution in [0.2, 0.25) is 0 Å². The van der Waals surface area contributed by atoms with Crippen molar-refractivity contribution >= 4 is 22.7 Å². The van der Waals surface area contributed by atoms with Crippen molar-refractivity contribution in [3.05, 3.63) is 58.0 Å². The van der Waals surface area contributed by atoms with Crippen LogP contribution in [0.15, 0.2) is 44.0 Å². The van der Waals surface area contributed by atoms with Gasteiger partial charge in [0.05, 0.1) is 5.52 Å². The number of hydrogen-bond donors (Lipinski definition) is 1. The van der Waals surface area contributed by atoms with Crippen molar-refractivity contribution in [2.75, 3.05) is 0 Å². The van der Waals surface area contributed by atoms with Crippen molar-refractivity contribution in [2.24, 2.45) is 0 Å². The van der Waals surface area contributed by atoms with Crippen molar-refractivity contribution in [3.8, 4) is 0 Å². The number of rotatable bonds is 3. The van der Waals surface area contributed by atoms with Crippen LogP contribution in [0.4, 0.5) is 0 Å². The molecule has 0 saturated carbocycles. The zero-order valence-electron chi connectivity index (χ0n) is 10.3. The Bertz CT molecular complexity index is 768. The molecule has 1 aromatic carbocycles. The standard InChI is InChI=1S/C14H12ClNO3/c1-2-9-4-6-11(18-9)13(15)8-3-5-10-12(7-8)19-14(17)16-10/h3-7,13H,2H2,1H3,(H,16,17). The van der Waals surface area contributed by atoms with Gasteiger partial charge in [-0.2, -0.15) is 0 Å². The Morgan fingerprint density at radius 2 is 2.11 bits per heavy atom. The zero-order chi connectivity index (χ0) is 13.4. The fourth-order valence-corrected chi connectivity index (χ4v) is 2.26. The summed E-state index contributed by atoms with van der Waals surface area (Å²) >= 11 is 6.39. The summed E-state index contributed by atoms with van der Waals surface area (Å²) in [6.07, 6.45) is 0.829. The van der Waals surface area contributed by atoms with Gasteiger partial charge in [0.2, 0.25) is 0 Å². The number of nitrogens with one attached hydrogen (secondary N) is 1. The molecule has 0 saturated heterocycles. The summed E-state index contributed by atoms with van der Waals surface area (Å²) in [6, 6.07) is 9.15. The molecular weight excluding hydrogens is 266 g/mol. The maximum Gasteiger partial charge on any atom is 0.417 e. The molecule has 0 aliphatic heterocycles. The molecular formula is C14H12ClNO3. The van der Waals surface area contributed by atoms with Gasteiger partial charge in [-0.25, -0.2) is 4.79 Å². The number of aromatic nitrogens is 1. The highest BCUT2D eigenvalue weighted by molar-refractivity contribution is 6.22. The number of hydrogen-bond acceptors (Lipinski definition) is 3. The molecule has 0 bridgehead atoms. The lowest BCUT2D eigenvalue weighted by Crippen LogP contribution is -1.92. The van der Waals surface area contributed by atoms with E-state index in [-0.39, 0.29) is 0 Å². The van der Waals surface area contributed by atoms with E-state index in [4.69, 9.17) is 20.4 Å². The second-order valence-electron chi connectivity index (χ2n) is 4.29. The first kappa shape index (κ1) is 12.1. The minimum absolute atomic E-state index is 0.398. The van der Waals surface area contributed by atoms with Crippen LogP contribution in [0.5, 0.6) is 0 Å². The van der Waals surface area contributed by atoms with E-state index in [1.165, 1.54) is 0 Å². The summed E-state index contributed by atoms with van der Waals surface area (Å²) in [6.45, 7) is 2.02. The highest BCUT2D eigenvalue weighted by Crippen LogP contribution is 2.31. The fourth-order valence-electron chi connectivity index (χ4n) is 2.00. The molecule has 3 rings (SSSR count). The van der Waals surface area contributed by atoms with E-state index in [0.29, 0.717) is 16.9 Å². The summed E-state index contributed by atoms with van der Waals surface area (Å²) in [4.78, 5) is 13.7. The molecule has 19 heavy (non-hydrogen) atoms. The third-order valence-corrected chi connectivity index (χ3v) is 3.49. The van der Waals surface area contributed by atoms with Crippen LogP contribution in [-0.2, 0) is 6.42 Å². The lowest BCUT2D eigenvalue weighted by atomic mass is 10.1. The van der Waals surface area contributed by atoms with Crippen molar-refractivity contribution in [1.29, 1.82) is 0 Å². The highest BCUT2D eigenvalue weighted by Gasteiger charge is 2.16. The van der Waals surface area contributed by atoms with Gasteiger partial charge in [-0.15, -0.1) is 11.6 Å². The van der Waals surface area contributed by atoms with Gasteiger partial charge in [-0.1, -0.05) is 13.0 Å². The van der Waals surface area contributed by atoms with Crippen LogP contribution in [0, 0.1) is 0 Å². The van der Waals surface area contributed by atoms with E-state index < -0.39 is 11.1 Å². The monoisotopic (exact) mass is 277 g/mol. The molecule has 98 valence electrons. The average Bonchev–Trinajstić information content (AvgIpc) is 3.01. The second-order valence-corrected chi connectivity index (χ2v) is 4.73. The fraction of sp³-hybridized carbons (Fsp3) is 0.214. The summed E-state index contributed by atoms with van der Waals surface area (Å²) in [7, 11) is 0. The molecule has 0 aliphatic carbocycles. The van der Waals surface area contributed by atoms with Crippen LogP contribution >= 0.6 is 11.6 Å². The van der Waals surface area contributed by atoms with Gasteiger partial charge in [0.25, 0.3) is 0 Å². The number of benzene rings is 1. The van der Waals surface area contributed by atoms with E-state index in [1.807, 2.05) is 25.1 Å². The van der Waals surface area contributed by atoms with Crippen molar-refractivity contribution < 1.29 is 8.83 Å². The van der Waals surface area contributed by atoms with Crippen molar-refractivity contribution in [3.63, 3.8) is 0 Å². The van der Waals surface area contributed by atoms with Crippen molar-refractivity contribution in [2.45, 2.75) is 18.7 Å². The zero-order valence-corrected chi connectivity index (χ0v) is 11.0. The lowest BCUT2D eigenvalue weighted by molar-refractivity contribution is 0.474. The Morgan fingerprint density at radius 3 is 2.84 bits per heavy atom. The molecule has 1 N–H and O–H groups in total. The Morgan fingerprint density at radius 1 is 1.26 bits per heavy atom. The van der Waals surface area contributed by atoms with Gasteiger partial charge in [0.15, 0.2) is 5.58 Å². The van der Waals surface area contributed by atoms with Gasteiger partial charge in [0.1, 0.15) is 16.9 Å². The quantitative estimate of drug-likeness (QED) is 0.744. The van der Waals surface area contributed by atoms with E-state index in [2.05, 4.69) is 4.98 Å². The molecule has 0 spiro atoms. The largest absolute Gasteiger partial charge is 0.464 e. The van der Waals surface area contributed by atoms with E-state index in [1.54, 1.807) is 12.1 Å². The van der Waals surface area contributed by atoms with Gasteiger partial charge in [0, 0.05) is 6.42 Å². The van der Waals surface area contributed by atoms with Gasteiger partial charge >= 0.3 is 5.76 Å². The highest BCUT2D eigenvalue weighted by atomic mass is 35.5. The van der Waals surface area contributed by atoms with Gasteiger partial charge in [-0.3, -0.25) is 4.98 Å². The van der Waals surface area contributed by atoms with Gasteiger partial charge < -0.3 is 8.83 Å². The summed E-state index contributed by atoms with van der Waals surface area (Å²) < 4.78 is 10.7. The Hall–Kier alpha value is -1.94. The third kappa shape index (κ3) is 2.19. The minimum atomic E-state index is -0.468. The molecule has 2 heterocycles. The van der Waals surface area contributed by atoms with Crippen LogP contribution in [0.3, 0.4) is 0 Å². The molecule has 2 aromatic heterocycles. The number of aromatic amines is 1. The topological polar surface area (TPSA) is 59.1 Å². The first-order valence-corrected chi connectivity index (χ1v) is 6.46. The summed E-state index contributed by atoms with van der Waals surface area (Å²) in [5, 5.41) is -0.398. The molecule has 0 aliphatic rings. The molecule has 0 radical (unpaired) electrons. The number of oxazole rings is 1. The van der Waals surface area contributed by atoms with Crippen LogP contribution in [-0.4, -0.2) is 4.98 Å². The SMILES string of the molecule is CCc1ccc(C(Cl)c2ccc3[nH]c(=O)oc3c2)o1. The normalized spacial score (nSPS) is 12.9. The predicted octanol–water partition coefficient (Wildman–Crippen LogP) is 3.60. The molecule has 0 fully saturated rings. The molecule has 5 heteroatoms. The third-order valence-electron chi connectivity index (χ3n) is 3.02. The second kappa shape index (κ2) is 4.63. The summed E-state index contributed by atoms with van der Waals surface area (Å²) in [5.41, 5.74) is 1.98. The Labute approximate surface area is 114 Å². The minimum Gasteiger partial charge on any atom is -0.464 e. The predicted molar refractivity (Wildman–Crippen MR) is 72.6 cm³/mol. The van der Waals surface area contributed by atoms with Crippen LogP contribution in [0.25, 0.3) is 11.1 Å². The molecule has 3 aromatic rings. The molecule has 1 atom stereocenters. The first-order chi connectivity index (χ1) is 9.17. The van der Waals surface area contributed by atoms with E-state index >= 15 is 0 Å². The Kier molecular flexibility index (Phi) is 2.95. The first-order valence-electron chi connectivity index (χ1n) is 6.03. The number of furan rings is 1. The number of halogens is 1. The number of aryl methyl sites for hydroxylation is 1. The van der Waals surface area contributed by atoms with Crippen LogP contribution < -0.4 is 5.76 Å². The number of alkyl halides is 1. The lowest BCUT2D eigenvalue weighted by Gasteiger charge is -2.06. The average molecular weight is 278 g/mol. The van der Waals surface area contributed by atoms with E-state index in [0.717, 1.165) is 17.7 Å². The maximum absolute atomic E-state index is 11.1. The van der Waals surface area contributed by atoms with Crippen molar-refractivity contribution in [1.82, 2.24) is 4.98 Å². The van der Waals surface area contributed by atoms with Crippen LogP contribution in [0.1, 0.15) is 29.4 Å². The Balaban J connectivity index is 2.00. The molecule has 4 nitrogen and oxygen atoms in total. The number of H-pyrrole nitrogens is 1. The molecule has 0 amide bonds. The smallest absolute Gasteiger partial charge is 0.417 e. The van der Waals surface area contributed by atoms with E-state index in [9.17, 15) is 4.79 Å². The number of fused-ring (bicyclic) bond motifs is 1. The maximum atomic E-state index is 11.1. The molecule has 1 unspecified atom stereocenters. The van der Waals surface area contributed by atoms with Gasteiger partial charge in [-0.05, 0) is 29.8 Å². The summed E-state index contributed by atoms with van der Waals surface area (Å²) in [5.74, 6) is 1.12.